The van der Waals surface area contributed by atoms with Gasteiger partial charge in [-0.05, 0) is 12.5 Å². The zero-order chi connectivity index (χ0) is 12.3. The van der Waals surface area contributed by atoms with Crippen molar-refractivity contribution in [3.8, 4) is 0 Å². The SMILES string of the molecule is Cc1nccn1Cc1ccc(/C(N)=N/O)cc1. The lowest BCUT2D eigenvalue weighted by Gasteiger charge is -2.06. The van der Waals surface area contributed by atoms with Crippen LogP contribution in [0.2, 0.25) is 0 Å². The van der Waals surface area contributed by atoms with Crippen LogP contribution in [0.4, 0.5) is 0 Å². The molecule has 0 aliphatic carbocycles. The molecule has 5 heteroatoms. The molecule has 2 rings (SSSR count). The Morgan fingerprint density at radius 2 is 2.12 bits per heavy atom. The van der Waals surface area contributed by atoms with Gasteiger partial charge in [0, 0.05) is 24.5 Å². The number of rotatable bonds is 3. The lowest BCUT2D eigenvalue weighted by molar-refractivity contribution is 0.318. The molecule has 0 saturated carbocycles. The Balaban J connectivity index is 2.17. The van der Waals surface area contributed by atoms with E-state index in [2.05, 4.69) is 14.7 Å². The van der Waals surface area contributed by atoms with E-state index >= 15 is 0 Å². The summed E-state index contributed by atoms with van der Waals surface area (Å²) in [6.45, 7) is 2.73. The quantitative estimate of drug-likeness (QED) is 0.361. The van der Waals surface area contributed by atoms with Gasteiger partial charge >= 0.3 is 0 Å². The number of amidine groups is 1. The largest absolute Gasteiger partial charge is 0.409 e. The first-order chi connectivity index (χ1) is 8.20. The Kier molecular flexibility index (Phi) is 3.09. The second-order valence-corrected chi connectivity index (χ2v) is 3.78. The number of aryl methyl sites for hydroxylation is 1. The molecule has 2 aromatic rings. The monoisotopic (exact) mass is 230 g/mol. The van der Waals surface area contributed by atoms with E-state index in [0.29, 0.717) is 5.56 Å². The minimum absolute atomic E-state index is 0.121. The second kappa shape index (κ2) is 4.69. The lowest BCUT2D eigenvalue weighted by Crippen LogP contribution is -2.13. The molecule has 0 spiro atoms. The van der Waals surface area contributed by atoms with E-state index in [-0.39, 0.29) is 5.84 Å². The zero-order valence-electron chi connectivity index (χ0n) is 9.54. The average Bonchev–Trinajstić information content (AvgIpc) is 2.75. The molecule has 1 aromatic carbocycles. The van der Waals surface area contributed by atoms with Crippen LogP contribution in [0.1, 0.15) is 17.0 Å². The average molecular weight is 230 g/mol. The Morgan fingerprint density at radius 1 is 1.41 bits per heavy atom. The summed E-state index contributed by atoms with van der Waals surface area (Å²) in [6.07, 6.45) is 3.72. The van der Waals surface area contributed by atoms with Gasteiger partial charge in [-0.15, -0.1) is 0 Å². The first-order valence-electron chi connectivity index (χ1n) is 5.25. The highest BCUT2D eigenvalue weighted by Gasteiger charge is 2.01. The molecule has 0 aliphatic heterocycles. The van der Waals surface area contributed by atoms with Crippen molar-refractivity contribution in [1.29, 1.82) is 0 Å². The van der Waals surface area contributed by atoms with E-state index in [1.165, 1.54) is 0 Å². The Bertz CT molecular complexity index is 528. The molecule has 0 unspecified atom stereocenters. The van der Waals surface area contributed by atoms with Crippen molar-refractivity contribution in [2.24, 2.45) is 10.9 Å². The fourth-order valence-corrected chi connectivity index (χ4v) is 1.61. The highest BCUT2D eigenvalue weighted by molar-refractivity contribution is 5.96. The van der Waals surface area contributed by atoms with Crippen LogP contribution in [0.5, 0.6) is 0 Å². The number of nitrogens with zero attached hydrogens (tertiary/aromatic N) is 3. The molecule has 0 amide bonds. The molecule has 0 fully saturated rings. The second-order valence-electron chi connectivity index (χ2n) is 3.78. The molecule has 0 aliphatic rings. The summed E-state index contributed by atoms with van der Waals surface area (Å²) in [5, 5.41) is 11.5. The van der Waals surface area contributed by atoms with Gasteiger partial charge in [-0.25, -0.2) is 4.98 Å². The van der Waals surface area contributed by atoms with Gasteiger partial charge in [0.15, 0.2) is 5.84 Å². The van der Waals surface area contributed by atoms with Crippen molar-refractivity contribution < 1.29 is 5.21 Å². The van der Waals surface area contributed by atoms with E-state index in [9.17, 15) is 0 Å². The van der Waals surface area contributed by atoms with Crippen LogP contribution in [0.3, 0.4) is 0 Å². The van der Waals surface area contributed by atoms with Gasteiger partial charge in [-0.3, -0.25) is 0 Å². The highest BCUT2D eigenvalue weighted by Crippen LogP contribution is 2.07. The summed E-state index contributed by atoms with van der Waals surface area (Å²) in [4.78, 5) is 4.16. The van der Waals surface area contributed by atoms with Gasteiger partial charge in [-0.1, -0.05) is 29.4 Å². The van der Waals surface area contributed by atoms with E-state index in [0.717, 1.165) is 17.9 Å². The zero-order valence-corrected chi connectivity index (χ0v) is 9.54. The number of aromatic nitrogens is 2. The summed E-state index contributed by atoms with van der Waals surface area (Å²) in [6, 6.07) is 7.56. The summed E-state index contributed by atoms with van der Waals surface area (Å²) in [7, 11) is 0. The first-order valence-corrected chi connectivity index (χ1v) is 5.25. The molecule has 0 saturated heterocycles. The number of hydrogen-bond acceptors (Lipinski definition) is 3. The minimum atomic E-state index is 0.121. The molecule has 17 heavy (non-hydrogen) atoms. The third-order valence-electron chi connectivity index (χ3n) is 2.63. The fraction of sp³-hybridized carbons (Fsp3) is 0.167. The molecular formula is C12H14N4O. The van der Waals surface area contributed by atoms with Gasteiger partial charge < -0.3 is 15.5 Å². The van der Waals surface area contributed by atoms with Crippen molar-refractivity contribution in [3.63, 3.8) is 0 Å². The molecule has 1 aromatic heterocycles. The van der Waals surface area contributed by atoms with Crippen LogP contribution in [0.25, 0.3) is 0 Å². The van der Waals surface area contributed by atoms with Crippen molar-refractivity contribution in [2.75, 3.05) is 0 Å². The van der Waals surface area contributed by atoms with Gasteiger partial charge in [0.25, 0.3) is 0 Å². The highest BCUT2D eigenvalue weighted by atomic mass is 16.4. The molecule has 3 N–H and O–H groups in total. The van der Waals surface area contributed by atoms with E-state index in [4.69, 9.17) is 10.9 Å². The van der Waals surface area contributed by atoms with E-state index in [1.54, 1.807) is 6.20 Å². The number of oxime groups is 1. The summed E-state index contributed by atoms with van der Waals surface area (Å²) in [5.41, 5.74) is 7.34. The minimum Gasteiger partial charge on any atom is -0.409 e. The Hall–Kier alpha value is -2.30. The number of benzene rings is 1. The van der Waals surface area contributed by atoms with Crippen LogP contribution >= 0.6 is 0 Å². The fourth-order valence-electron chi connectivity index (χ4n) is 1.61. The standard InChI is InChI=1S/C12H14N4O/c1-9-14-6-7-16(9)8-10-2-4-11(5-3-10)12(13)15-17/h2-7,17H,8H2,1H3,(H2,13,15). The van der Waals surface area contributed by atoms with Crippen molar-refractivity contribution >= 4 is 5.84 Å². The van der Waals surface area contributed by atoms with Gasteiger partial charge in [0.05, 0.1) is 0 Å². The predicted octanol–water partition coefficient (Wildman–Crippen LogP) is 1.33. The smallest absolute Gasteiger partial charge is 0.170 e. The summed E-state index contributed by atoms with van der Waals surface area (Å²) >= 11 is 0. The van der Waals surface area contributed by atoms with Gasteiger partial charge in [-0.2, -0.15) is 0 Å². The summed E-state index contributed by atoms with van der Waals surface area (Å²) in [5.74, 6) is 1.10. The molecule has 0 atom stereocenters. The molecule has 0 radical (unpaired) electrons. The van der Waals surface area contributed by atoms with E-state index in [1.807, 2.05) is 37.4 Å². The van der Waals surface area contributed by atoms with Crippen molar-refractivity contribution in [2.45, 2.75) is 13.5 Å². The maximum Gasteiger partial charge on any atom is 0.170 e. The van der Waals surface area contributed by atoms with Crippen LogP contribution in [-0.4, -0.2) is 20.6 Å². The topological polar surface area (TPSA) is 76.4 Å². The van der Waals surface area contributed by atoms with Crippen LogP contribution in [0, 0.1) is 6.92 Å². The normalized spacial score (nSPS) is 11.7. The molecule has 88 valence electrons. The van der Waals surface area contributed by atoms with Crippen molar-refractivity contribution in [3.05, 3.63) is 53.6 Å². The number of imidazole rings is 1. The third-order valence-corrected chi connectivity index (χ3v) is 2.63. The van der Waals surface area contributed by atoms with Crippen LogP contribution < -0.4 is 5.73 Å². The molecule has 5 nitrogen and oxygen atoms in total. The number of nitrogens with two attached hydrogens (primary N) is 1. The Labute approximate surface area is 99.2 Å². The Morgan fingerprint density at radius 3 is 2.65 bits per heavy atom. The molecule has 0 bridgehead atoms. The van der Waals surface area contributed by atoms with E-state index < -0.39 is 0 Å². The summed E-state index contributed by atoms with van der Waals surface area (Å²) < 4.78 is 2.05. The predicted molar refractivity (Wildman–Crippen MR) is 65.0 cm³/mol. The van der Waals surface area contributed by atoms with Crippen molar-refractivity contribution in [1.82, 2.24) is 9.55 Å². The third kappa shape index (κ3) is 2.44. The van der Waals surface area contributed by atoms with Crippen LogP contribution in [0.15, 0.2) is 41.8 Å². The van der Waals surface area contributed by atoms with Gasteiger partial charge in [0.2, 0.25) is 0 Å². The lowest BCUT2D eigenvalue weighted by atomic mass is 10.1. The maximum atomic E-state index is 8.55. The van der Waals surface area contributed by atoms with Crippen LogP contribution in [-0.2, 0) is 6.54 Å². The molecule has 1 heterocycles. The maximum absolute atomic E-state index is 8.55. The van der Waals surface area contributed by atoms with Gasteiger partial charge in [0.1, 0.15) is 5.82 Å². The molecular weight excluding hydrogens is 216 g/mol. The first kappa shape index (κ1) is 11.2. The number of hydrogen-bond donors (Lipinski definition) is 2.